The molecule has 25 heavy (non-hydrogen) atoms. The van der Waals surface area contributed by atoms with Gasteiger partial charge in [0.25, 0.3) is 0 Å². The highest BCUT2D eigenvalue weighted by Crippen LogP contribution is 2.31. The summed E-state index contributed by atoms with van der Waals surface area (Å²) in [4.78, 5) is 21.2. The van der Waals surface area contributed by atoms with Crippen molar-refractivity contribution in [2.75, 3.05) is 27.2 Å². The number of hydrogen-bond acceptors (Lipinski definition) is 5. The Labute approximate surface area is 150 Å². The fraction of sp³-hybridized carbons (Fsp3) is 0.833. The van der Waals surface area contributed by atoms with E-state index in [2.05, 4.69) is 34.5 Å². The molecule has 0 unspecified atom stereocenters. The van der Waals surface area contributed by atoms with Crippen molar-refractivity contribution in [1.29, 1.82) is 0 Å². The lowest BCUT2D eigenvalue weighted by molar-refractivity contribution is 0.137. The topological polar surface area (TPSA) is 74.5 Å². The zero-order chi connectivity index (χ0) is 17.8. The maximum Gasteiger partial charge on any atom is 0.318 e. The third-order valence-electron chi connectivity index (χ3n) is 5.55. The van der Waals surface area contributed by atoms with Gasteiger partial charge >= 0.3 is 6.03 Å². The minimum Gasteiger partial charge on any atom is -0.337 e. The van der Waals surface area contributed by atoms with Gasteiger partial charge in [0.1, 0.15) is 6.04 Å². The van der Waals surface area contributed by atoms with Gasteiger partial charge in [-0.1, -0.05) is 24.4 Å². The molecule has 1 saturated carbocycles. The normalized spacial score (nSPS) is 23.7. The minimum atomic E-state index is -0.267. The summed E-state index contributed by atoms with van der Waals surface area (Å²) in [6, 6.07) is 0.115. The van der Waals surface area contributed by atoms with Gasteiger partial charge < -0.3 is 19.6 Å². The predicted octanol–water partition coefficient (Wildman–Crippen LogP) is 2.91. The molecule has 2 atom stereocenters. The maximum atomic E-state index is 12.6. The van der Waals surface area contributed by atoms with E-state index in [1.54, 1.807) is 0 Å². The van der Waals surface area contributed by atoms with Crippen molar-refractivity contribution in [3.8, 4) is 0 Å². The number of nitrogens with one attached hydrogen (secondary N) is 1. The van der Waals surface area contributed by atoms with Crippen molar-refractivity contribution in [2.45, 2.75) is 69.9 Å². The predicted molar refractivity (Wildman–Crippen MR) is 95.4 cm³/mol. The summed E-state index contributed by atoms with van der Waals surface area (Å²) in [5.41, 5.74) is 0. The molecular weight excluding hydrogens is 318 g/mol. The number of piperidine rings is 1. The lowest BCUT2D eigenvalue weighted by atomic mass is 9.89. The van der Waals surface area contributed by atoms with Crippen LogP contribution in [-0.4, -0.2) is 59.2 Å². The van der Waals surface area contributed by atoms with E-state index in [9.17, 15) is 4.79 Å². The molecule has 3 rings (SSSR count). The average Bonchev–Trinajstić information content (AvgIpc) is 3.13. The van der Waals surface area contributed by atoms with E-state index in [1.165, 1.54) is 19.3 Å². The summed E-state index contributed by atoms with van der Waals surface area (Å²) in [6.45, 7) is 3.48. The van der Waals surface area contributed by atoms with E-state index in [1.807, 2.05) is 11.8 Å². The van der Waals surface area contributed by atoms with Gasteiger partial charge in [-0.2, -0.15) is 4.98 Å². The lowest BCUT2D eigenvalue weighted by Crippen LogP contribution is -2.51. The molecule has 1 saturated heterocycles. The summed E-state index contributed by atoms with van der Waals surface area (Å²) >= 11 is 0. The Kier molecular flexibility index (Phi) is 5.93. The Morgan fingerprint density at radius 3 is 2.72 bits per heavy atom. The fourth-order valence-corrected chi connectivity index (χ4v) is 3.85. The highest BCUT2D eigenvalue weighted by Gasteiger charge is 2.27. The number of urea groups is 1. The van der Waals surface area contributed by atoms with Crippen LogP contribution in [0.2, 0.25) is 0 Å². The highest BCUT2D eigenvalue weighted by molar-refractivity contribution is 5.74. The monoisotopic (exact) mass is 349 g/mol. The van der Waals surface area contributed by atoms with E-state index in [4.69, 9.17) is 4.52 Å². The van der Waals surface area contributed by atoms with Crippen LogP contribution in [-0.2, 0) is 0 Å². The van der Waals surface area contributed by atoms with Crippen molar-refractivity contribution in [1.82, 2.24) is 25.3 Å². The van der Waals surface area contributed by atoms with E-state index < -0.39 is 0 Å². The van der Waals surface area contributed by atoms with Gasteiger partial charge in [0.05, 0.1) is 0 Å². The van der Waals surface area contributed by atoms with Crippen LogP contribution in [0.25, 0.3) is 0 Å². The number of hydrogen-bond donors (Lipinski definition) is 1. The smallest absolute Gasteiger partial charge is 0.318 e. The Balaban J connectivity index is 1.55. The SMILES string of the molecule is C[C@H](NC(=O)N1CCC[C@@H](N(C)C)C1)c1nc(C2CCCCC2)no1. The number of rotatable bonds is 4. The number of carbonyl (C=O) groups is 1. The van der Waals surface area contributed by atoms with Crippen LogP contribution in [0.3, 0.4) is 0 Å². The van der Waals surface area contributed by atoms with Crippen molar-refractivity contribution in [3.63, 3.8) is 0 Å². The number of likely N-dealkylation sites (tertiary alicyclic amines) is 1. The van der Waals surface area contributed by atoms with E-state index >= 15 is 0 Å². The van der Waals surface area contributed by atoms with Crippen molar-refractivity contribution >= 4 is 6.03 Å². The summed E-state index contributed by atoms with van der Waals surface area (Å²) in [6.07, 6.45) is 8.24. The van der Waals surface area contributed by atoms with Gasteiger partial charge in [0.15, 0.2) is 5.82 Å². The van der Waals surface area contributed by atoms with Crippen LogP contribution in [0.5, 0.6) is 0 Å². The molecule has 1 N–H and O–H groups in total. The Morgan fingerprint density at radius 2 is 2.00 bits per heavy atom. The highest BCUT2D eigenvalue weighted by atomic mass is 16.5. The van der Waals surface area contributed by atoms with Crippen molar-refractivity contribution < 1.29 is 9.32 Å². The molecule has 1 aromatic rings. The summed E-state index contributed by atoms with van der Waals surface area (Å²) < 4.78 is 5.42. The van der Waals surface area contributed by atoms with Crippen LogP contribution in [0, 0.1) is 0 Å². The molecule has 1 aliphatic heterocycles. The van der Waals surface area contributed by atoms with Gasteiger partial charge in [0.2, 0.25) is 5.89 Å². The van der Waals surface area contributed by atoms with E-state index in [0.717, 1.165) is 44.6 Å². The van der Waals surface area contributed by atoms with Crippen molar-refractivity contribution in [3.05, 3.63) is 11.7 Å². The number of aromatic nitrogens is 2. The van der Waals surface area contributed by atoms with Crippen LogP contribution in [0.15, 0.2) is 4.52 Å². The Morgan fingerprint density at radius 1 is 1.24 bits per heavy atom. The number of carbonyl (C=O) groups excluding carboxylic acids is 1. The van der Waals surface area contributed by atoms with Gasteiger partial charge in [-0.05, 0) is 46.7 Å². The molecule has 0 bridgehead atoms. The first-order valence-electron chi connectivity index (χ1n) is 9.60. The van der Waals surface area contributed by atoms with Gasteiger partial charge in [-0.15, -0.1) is 0 Å². The number of amides is 2. The standard InChI is InChI=1S/C18H31N5O2/c1-13(17-20-16(21-25-17)14-8-5-4-6-9-14)19-18(24)23-11-7-10-15(12-23)22(2)3/h13-15H,4-12H2,1-3H3,(H,19,24)/t13-,15+/m0/s1. The van der Waals surface area contributed by atoms with Gasteiger partial charge in [0, 0.05) is 25.0 Å². The van der Waals surface area contributed by atoms with Crippen molar-refractivity contribution in [2.24, 2.45) is 0 Å². The largest absolute Gasteiger partial charge is 0.337 e. The summed E-state index contributed by atoms with van der Waals surface area (Å²) in [7, 11) is 4.14. The second-order valence-electron chi connectivity index (χ2n) is 7.70. The molecule has 2 amide bonds. The second kappa shape index (κ2) is 8.17. The van der Waals surface area contributed by atoms with Crippen LogP contribution in [0.4, 0.5) is 4.79 Å². The van der Waals surface area contributed by atoms with Crippen LogP contribution in [0.1, 0.15) is 75.5 Å². The molecule has 0 aromatic carbocycles. The lowest BCUT2D eigenvalue weighted by Gasteiger charge is -2.36. The number of nitrogens with zero attached hydrogens (tertiary/aromatic N) is 4. The first-order chi connectivity index (χ1) is 12.0. The van der Waals surface area contributed by atoms with Gasteiger partial charge in [-0.3, -0.25) is 0 Å². The van der Waals surface area contributed by atoms with Gasteiger partial charge in [-0.25, -0.2) is 4.79 Å². The number of likely N-dealkylation sites (N-methyl/N-ethyl adjacent to an activating group) is 1. The molecule has 2 heterocycles. The second-order valence-corrected chi connectivity index (χ2v) is 7.70. The van der Waals surface area contributed by atoms with E-state index in [0.29, 0.717) is 17.9 Å². The Bertz CT molecular complexity index is 568. The Hall–Kier alpha value is -1.63. The third kappa shape index (κ3) is 4.51. The van der Waals surface area contributed by atoms with Crippen LogP contribution >= 0.6 is 0 Å². The van der Waals surface area contributed by atoms with E-state index in [-0.39, 0.29) is 12.1 Å². The molecule has 1 aromatic heterocycles. The summed E-state index contributed by atoms with van der Waals surface area (Å²) in [5.74, 6) is 1.73. The first-order valence-corrected chi connectivity index (χ1v) is 9.60. The van der Waals surface area contributed by atoms with Crippen LogP contribution < -0.4 is 5.32 Å². The average molecular weight is 349 g/mol. The molecule has 2 aliphatic rings. The zero-order valence-corrected chi connectivity index (χ0v) is 15.7. The molecule has 2 fully saturated rings. The molecule has 0 spiro atoms. The summed E-state index contributed by atoms with van der Waals surface area (Å²) in [5, 5.41) is 7.17. The molecule has 0 radical (unpaired) electrons. The zero-order valence-electron chi connectivity index (χ0n) is 15.7. The molecule has 7 heteroatoms. The molecule has 140 valence electrons. The quantitative estimate of drug-likeness (QED) is 0.905. The first kappa shape index (κ1) is 18.2. The fourth-order valence-electron chi connectivity index (χ4n) is 3.85. The molecular formula is C18H31N5O2. The molecule has 1 aliphatic carbocycles. The maximum absolute atomic E-state index is 12.6. The minimum absolute atomic E-state index is 0.0449. The third-order valence-corrected chi connectivity index (χ3v) is 5.55. The molecule has 7 nitrogen and oxygen atoms in total.